The van der Waals surface area contributed by atoms with E-state index in [4.69, 9.17) is 16.3 Å². The van der Waals surface area contributed by atoms with E-state index in [-0.39, 0.29) is 23.2 Å². The molecule has 0 aliphatic heterocycles. The molecule has 2 atom stereocenters. The molecule has 1 aliphatic carbocycles. The fourth-order valence-electron chi connectivity index (χ4n) is 2.52. The Morgan fingerprint density at radius 3 is 2.58 bits per heavy atom. The molecule has 0 aromatic heterocycles. The van der Waals surface area contributed by atoms with Crippen LogP contribution in [0.4, 0.5) is 0 Å². The molecule has 0 bridgehead atoms. The second kappa shape index (κ2) is 5.38. The first-order chi connectivity index (χ1) is 8.98. The monoisotopic (exact) mass is 278 g/mol. The highest BCUT2D eigenvalue weighted by atomic mass is 35.5. The minimum Gasteiger partial charge on any atom is -0.466 e. The molecular formula is C16H19ClO2. The van der Waals surface area contributed by atoms with E-state index in [1.165, 1.54) is 0 Å². The lowest BCUT2D eigenvalue weighted by Gasteiger charge is -2.01. The van der Waals surface area contributed by atoms with Crippen LogP contribution < -0.4 is 0 Å². The van der Waals surface area contributed by atoms with Crippen LogP contribution in [0.1, 0.15) is 26.3 Å². The molecule has 0 amide bonds. The molecule has 0 N–H and O–H groups in total. The number of rotatable bonds is 4. The maximum atomic E-state index is 11.9. The van der Waals surface area contributed by atoms with Crippen molar-refractivity contribution >= 4 is 22.6 Å². The topological polar surface area (TPSA) is 26.3 Å². The number of allylic oxidation sites excluding steroid dienone is 1. The normalized spacial score (nSPS) is 24.9. The third-order valence-electron chi connectivity index (χ3n) is 3.83. The van der Waals surface area contributed by atoms with E-state index >= 15 is 0 Å². The SMILES string of the molecule is CCOC(=O)C1C(/C=C(\Cl)c2ccccc2)C1(C)C. The van der Waals surface area contributed by atoms with E-state index in [1.54, 1.807) is 0 Å². The van der Waals surface area contributed by atoms with E-state index < -0.39 is 0 Å². The van der Waals surface area contributed by atoms with Crippen molar-refractivity contribution in [2.24, 2.45) is 17.3 Å². The maximum absolute atomic E-state index is 11.9. The van der Waals surface area contributed by atoms with Crippen LogP contribution in [0.3, 0.4) is 0 Å². The minimum absolute atomic E-state index is 0.0683. The lowest BCUT2D eigenvalue weighted by Crippen LogP contribution is -2.10. The first kappa shape index (κ1) is 14.1. The fourth-order valence-corrected chi connectivity index (χ4v) is 2.78. The molecule has 0 heterocycles. The van der Waals surface area contributed by atoms with Crippen molar-refractivity contribution in [2.45, 2.75) is 20.8 Å². The summed E-state index contributed by atoms with van der Waals surface area (Å²) < 4.78 is 5.11. The van der Waals surface area contributed by atoms with Gasteiger partial charge in [0, 0.05) is 5.03 Å². The number of hydrogen-bond acceptors (Lipinski definition) is 2. The molecule has 102 valence electrons. The zero-order chi connectivity index (χ0) is 14.0. The number of hydrogen-bond donors (Lipinski definition) is 0. The largest absolute Gasteiger partial charge is 0.466 e. The zero-order valence-corrected chi connectivity index (χ0v) is 12.3. The Labute approximate surface area is 119 Å². The molecule has 0 radical (unpaired) electrons. The van der Waals surface area contributed by atoms with Crippen molar-refractivity contribution in [3.63, 3.8) is 0 Å². The van der Waals surface area contributed by atoms with Crippen LogP contribution in [0.2, 0.25) is 0 Å². The van der Waals surface area contributed by atoms with E-state index in [0.29, 0.717) is 11.6 Å². The highest BCUT2D eigenvalue weighted by molar-refractivity contribution is 6.48. The third-order valence-corrected chi connectivity index (χ3v) is 4.17. The summed E-state index contributed by atoms with van der Waals surface area (Å²) in [6.07, 6.45) is 1.98. The van der Waals surface area contributed by atoms with Gasteiger partial charge in [-0.1, -0.05) is 61.9 Å². The second-order valence-electron chi connectivity index (χ2n) is 5.46. The van der Waals surface area contributed by atoms with Crippen LogP contribution in [0, 0.1) is 17.3 Å². The lowest BCUT2D eigenvalue weighted by atomic mass is 10.1. The summed E-state index contributed by atoms with van der Waals surface area (Å²) in [6.45, 7) is 6.40. The van der Waals surface area contributed by atoms with Crippen molar-refractivity contribution in [1.82, 2.24) is 0 Å². The van der Waals surface area contributed by atoms with E-state index in [1.807, 2.05) is 43.3 Å². The van der Waals surface area contributed by atoms with Gasteiger partial charge in [-0.05, 0) is 23.8 Å². The van der Waals surface area contributed by atoms with Gasteiger partial charge in [0.1, 0.15) is 0 Å². The van der Waals surface area contributed by atoms with E-state index in [9.17, 15) is 4.79 Å². The summed E-state index contributed by atoms with van der Waals surface area (Å²) in [5.74, 6) is -0.0459. The lowest BCUT2D eigenvalue weighted by molar-refractivity contribution is -0.145. The van der Waals surface area contributed by atoms with Crippen LogP contribution in [0.15, 0.2) is 36.4 Å². The second-order valence-corrected chi connectivity index (χ2v) is 5.86. The smallest absolute Gasteiger partial charge is 0.310 e. The number of esters is 1. The molecular weight excluding hydrogens is 260 g/mol. The van der Waals surface area contributed by atoms with Gasteiger partial charge in [-0.2, -0.15) is 0 Å². The van der Waals surface area contributed by atoms with Gasteiger partial charge in [0.15, 0.2) is 0 Å². The van der Waals surface area contributed by atoms with Crippen molar-refractivity contribution in [3.05, 3.63) is 42.0 Å². The van der Waals surface area contributed by atoms with Crippen LogP contribution in [-0.2, 0) is 9.53 Å². The number of benzene rings is 1. The fraction of sp³-hybridized carbons (Fsp3) is 0.438. The summed E-state index contributed by atoms with van der Waals surface area (Å²) in [6, 6.07) is 9.79. The molecule has 2 unspecified atom stereocenters. The van der Waals surface area contributed by atoms with E-state index in [0.717, 1.165) is 5.56 Å². The molecule has 1 aromatic carbocycles. The summed E-state index contributed by atoms with van der Waals surface area (Å²) in [5.41, 5.74) is 0.913. The molecule has 2 nitrogen and oxygen atoms in total. The molecule has 1 fully saturated rings. The third kappa shape index (κ3) is 2.84. The van der Waals surface area contributed by atoms with Crippen LogP contribution >= 0.6 is 11.6 Å². The predicted octanol–water partition coefficient (Wildman–Crippen LogP) is 4.10. The molecule has 0 saturated heterocycles. The van der Waals surface area contributed by atoms with Gasteiger partial charge in [0.25, 0.3) is 0 Å². The quantitative estimate of drug-likeness (QED) is 0.775. The van der Waals surface area contributed by atoms with Gasteiger partial charge in [-0.15, -0.1) is 0 Å². The van der Waals surface area contributed by atoms with Gasteiger partial charge in [-0.25, -0.2) is 0 Å². The van der Waals surface area contributed by atoms with Crippen molar-refractivity contribution < 1.29 is 9.53 Å². The molecule has 2 rings (SSSR count). The summed E-state index contributed by atoms with van der Waals surface area (Å²) in [5, 5.41) is 0.700. The Bertz CT molecular complexity index is 491. The molecule has 0 spiro atoms. The molecule has 3 heteroatoms. The van der Waals surface area contributed by atoms with Gasteiger partial charge in [0.05, 0.1) is 12.5 Å². The first-order valence-electron chi connectivity index (χ1n) is 6.58. The van der Waals surface area contributed by atoms with E-state index in [2.05, 4.69) is 13.8 Å². The molecule has 1 aliphatic rings. The van der Waals surface area contributed by atoms with Crippen LogP contribution in [0.25, 0.3) is 5.03 Å². The van der Waals surface area contributed by atoms with Gasteiger partial charge < -0.3 is 4.74 Å². The van der Waals surface area contributed by atoms with Crippen molar-refractivity contribution in [1.29, 1.82) is 0 Å². The predicted molar refractivity (Wildman–Crippen MR) is 77.7 cm³/mol. The Balaban J connectivity index is 2.14. The standard InChI is InChI=1S/C16H19ClO2/c1-4-19-15(18)14-12(16(14,2)3)10-13(17)11-8-6-5-7-9-11/h5-10,12,14H,4H2,1-3H3/b13-10-. The van der Waals surface area contributed by atoms with Crippen LogP contribution in [-0.4, -0.2) is 12.6 Å². The number of carbonyl (C=O) groups is 1. The van der Waals surface area contributed by atoms with Crippen LogP contribution in [0.5, 0.6) is 0 Å². The average Bonchev–Trinajstić information content (AvgIpc) is 2.92. The Morgan fingerprint density at radius 1 is 1.37 bits per heavy atom. The van der Waals surface area contributed by atoms with Crippen molar-refractivity contribution in [3.8, 4) is 0 Å². The Hall–Kier alpha value is -1.28. The summed E-state index contributed by atoms with van der Waals surface area (Å²) in [7, 11) is 0. The number of carbonyl (C=O) groups excluding carboxylic acids is 1. The summed E-state index contributed by atoms with van der Waals surface area (Å²) >= 11 is 6.32. The highest BCUT2D eigenvalue weighted by Gasteiger charge is 2.61. The van der Waals surface area contributed by atoms with Gasteiger partial charge in [-0.3, -0.25) is 4.79 Å². The number of ether oxygens (including phenoxy) is 1. The zero-order valence-electron chi connectivity index (χ0n) is 11.5. The van der Waals surface area contributed by atoms with Gasteiger partial charge >= 0.3 is 5.97 Å². The average molecular weight is 279 g/mol. The molecule has 19 heavy (non-hydrogen) atoms. The molecule has 1 aromatic rings. The molecule has 1 saturated carbocycles. The minimum atomic E-state index is -0.119. The maximum Gasteiger partial charge on any atom is 0.310 e. The number of halogens is 1. The van der Waals surface area contributed by atoms with Gasteiger partial charge in [0.2, 0.25) is 0 Å². The Morgan fingerprint density at radius 2 is 2.00 bits per heavy atom. The van der Waals surface area contributed by atoms with Crippen molar-refractivity contribution in [2.75, 3.05) is 6.61 Å². The highest BCUT2D eigenvalue weighted by Crippen LogP contribution is 2.60. The first-order valence-corrected chi connectivity index (χ1v) is 6.95. The summed E-state index contributed by atoms with van der Waals surface area (Å²) in [4.78, 5) is 11.9. The Kier molecular flexibility index (Phi) is 4.00.